The van der Waals surface area contributed by atoms with Gasteiger partial charge in [0.2, 0.25) is 0 Å². The van der Waals surface area contributed by atoms with Crippen molar-refractivity contribution in [2.45, 2.75) is 52.9 Å². The van der Waals surface area contributed by atoms with Crippen molar-refractivity contribution in [1.82, 2.24) is 0 Å². The summed E-state index contributed by atoms with van der Waals surface area (Å²) in [7, 11) is 0. The lowest BCUT2D eigenvalue weighted by Gasteiger charge is -2.27. The number of dihydropyridines is 1. The first kappa shape index (κ1) is 11.6. The van der Waals surface area contributed by atoms with Gasteiger partial charge in [0.15, 0.2) is 5.78 Å². The van der Waals surface area contributed by atoms with E-state index >= 15 is 0 Å². The zero-order valence-corrected chi connectivity index (χ0v) is 10.6. The highest BCUT2D eigenvalue weighted by Crippen LogP contribution is 2.32. The summed E-state index contributed by atoms with van der Waals surface area (Å²) in [4.78, 5) is 16.8. The van der Waals surface area contributed by atoms with Gasteiger partial charge < -0.3 is 0 Å². The fourth-order valence-corrected chi connectivity index (χ4v) is 2.49. The SMILES string of the molecule is CC(C)(C)C(=O)C1=NCCC2=C1CCCC2. The van der Waals surface area contributed by atoms with Crippen molar-refractivity contribution in [3.05, 3.63) is 11.1 Å². The molecule has 16 heavy (non-hydrogen) atoms. The van der Waals surface area contributed by atoms with E-state index < -0.39 is 0 Å². The second-order valence-electron chi connectivity index (χ2n) is 5.85. The van der Waals surface area contributed by atoms with Crippen LogP contribution in [0.5, 0.6) is 0 Å². The molecule has 0 fully saturated rings. The average Bonchev–Trinajstić information content (AvgIpc) is 2.26. The van der Waals surface area contributed by atoms with Crippen LogP contribution in [0.3, 0.4) is 0 Å². The van der Waals surface area contributed by atoms with Crippen molar-refractivity contribution >= 4 is 11.5 Å². The molecule has 88 valence electrons. The Kier molecular flexibility index (Phi) is 3.00. The van der Waals surface area contributed by atoms with E-state index in [2.05, 4.69) is 4.99 Å². The van der Waals surface area contributed by atoms with Crippen LogP contribution in [-0.4, -0.2) is 18.0 Å². The molecular formula is C14H21NO. The van der Waals surface area contributed by atoms with E-state index in [1.165, 1.54) is 30.4 Å². The number of allylic oxidation sites excluding steroid dienone is 1. The van der Waals surface area contributed by atoms with Gasteiger partial charge in [0.05, 0.1) is 0 Å². The molecule has 0 saturated carbocycles. The standard InChI is InChI=1S/C14H21NO/c1-14(2,3)13(16)12-11-7-5-4-6-10(11)8-9-15-12/h4-9H2,1-3H3. The van der Waals surface area contributed by atoms with Gasteiger partial charge in [-0.3, -0.25) is 9.79 Å². The van der Waals surface area contributed by atoms with Gasteiger partial charge in [0.25, 0.3) is 0 Å². The molecule has 0 aromatic heterocycles. The number of ketones is 1. The first-order valence-electron chi connectivity index (χ1n) is 6.30. The zero-order valence-electron chi connectivity index (χ0n) is 10.6. The molecule has 2 heteroatoms. The van der Waals surface area contributed by atoms with E-state index in [4.69, 9.17) is 0 Å². The third-order valence-corrected chi connectivity index (χ3v) is 3.45. The quantitative estimate of drug-likeness (QED) is 0.665. The summed E-state index contributed by atoms with van der Waals surface area (Å²) in [6.07, 6.45) is 5.84. The second kappa shape index (κ2) is 4.15. The summed E-state index contributed by atoms with van der Waals surface area (Å²) >= 11 is 0. The highest BCUT2D eigenvalue weighted by atomic mass is 16.1. The molecule has 0 atom stereocenters. The number of rotatable bonds is 1. The summed E-state index contributed by atoms with van der Waals surface area (Å²) in [5.74, 6) is 0.224. The third kappa shape index (κ3) is 2.11. The minimum atomic E-state index is -0.300. The molecule has 1 aliphatic carbocycles. The van der Waals surface area contributed by atoms with Gasteiger partial charge in [-0.05, 0) is 37.7 Å². The van der Waals surface area contributed by atoms with Gasteiger partial charge in [0, 0.05) is 12.0 Å². The Hall–Kier alpha value is -0.920. The van der Waals surface area contributed by atoms with Crippen LogP contribution in [0.4, 0.5) is 0 Å². The van der Waals surface area contributed by atoms with Gasteiger partial charge >= 0.3 is 0 Å². The summed E-state index contributed by atoms with van der Waals surface area (Å²) in [6, 6.07) is 0. The monoisotopic (exact) mass is 219 g/mol. The number of nitrogens with zero attached hydrogens (tertiary/aromatic N) is 1. The molecule has 2 rings (SSSR count). The van der Waals surface area contributed by atoms with E-state index in [0.717, 1.165) is 25.1 Å². The zero-order chi connectivity index (χ0) is 11.8. The van der Waals surface area contributed by atoms with Gasteiger partial charge in [-0.25, -0.2) is 0 Å². The Morgan fingerprint density at radius 2 is 1.81 bits per heavy atom. The predicted molar refractivity (Wildman–Crippen MR) is 66.9 cm³/mol. The number of Topliss-reactive ketones (excluding diaryl/α,β-unsaturated/α-hetero) is 1. The van der Waals surface area contributed by atoms with Crippen molar-refractivity contribution in [2.24, 2.45) is 10.4 Å². The van der Waals surface area contributed by atoms with Crippen LogP contribution in [0, 0.1) is 5.41 Å². The van der Waals surface area contributed by atoms with E-state index in [1.807, 2.05) is 20.8 Å². The van der Waals surface area contributed by atoms with Gasteiger partial charge in [-0.2, -0.15) is 0 Å². The van der Waals surface area contributed by atoms with E-state index in [-0.39, 0.29) is 11.2 Å². The molecular weight excluding hydrogens is 198 g/mol. The van der Waals surface area contributed by atoms with Crippen molar-refractivity contribution in [1.29, 1.82) is 0 Å². The number of carbonyl (C=O) groups is 1. The Labute approximate surface area is 97.8 Å². The highest BCUT2D eigenvalue weighted by molar-refractivity contribution is 6.47. The Bertz CT molecular complexity index is 369. The van der Waals surface area contributed by atoms with Gasteiger partial charge in [0.1, 0.15) is 5.71 Å². The number of hydrogen-bond donors (Lipinski definition) is 0. The molecule has 0 amide bonds. The maximum absolute atomic E-state index is 12.3. The second-order valence-corrected chi connectivity index (χ2v) is 5.85. The molecule has 1 aliphatic heterocycles. The number of hydrogen-bond acceptors (Lipinski definition) is 2. The van der Waals surface area contributed by atoms with Crippen LogP contribution in [0.2, 0.25) is 0 Å². The van der Waals surface area contributed by atoms with Crippen LogP contribution < -0.4 is 0 Å². The van der Waals surface area contributed by atoms with Crippen LogP contribution in [0.1, 0.15) is 52.9 Å². The Morgan fingerprint density at radius 3 is 2.50 bits per heavy atom. The van der Waals surface area contributed by atoms with Crippen LogP contribution in [0.25, 0.3) is 0 Å². The molecule has 0 N–H and O–H groups in total. The molecule has 1 heterocycles. The van der Waals surface area contributed by atoms with Crippen molar-refractivity contribution in [3.8, 4) is 0 Å². The molecule has 2 aliphatic rings. The maximum Gasteiger partial charge on any atom is 0.186 e. The fourth-order valence-electron chi connectivity index (χ4n) is 2.49. The maximum atomic E-state index is 12.3. The molecule has 0 spiro atoms. The topological polar surface area (TPSA) is 29.4 Å². The number of carbonyl (C=O) groups excluding carboxylic acids is 1. The van der Waals surface area contributed by atoms with Crippen molar-refractivity contribution < 1.29 is 4.79 Å². The largest absolute Gasteiger partial charge is 0.292 e. The van der Waals surface area contributed by atoms with Crippen LogP contribution in [-0.2, 0) is 4.79 Å². The average molecular weight is 219 g/mol. The normalized spacial score (nSPS) is 21.6. The lowest BCUT2D eigenvalue weighted by atomic mass is 9.79. The lowest BCUT2D eigenvalue weighted by molar-refractivity contribution is -0.119. The first-order valence-corrected chi connectivity index (χ1v) is 6.30. The molecule has 2 nitrogen and oxygen atoms in total. The fraction of sp³-hybridized carbons (Fsp3) is 0.714. The lowest BCUT2D eigenvalue weighted by Crippen LogP contribution is -2.32. The molecule has 0 unspecified atom stereocenters. The smallest absolute Gasteiger partial charge is 0.186 e. The van der Waals surface area contributed by atoms with E-state index in [0.29, 0.717) is 0 Å². The number of aliphatic imine (C=N–C) groups is 1. The Morgan fingerprint density at radius 1 is 1.12 bits per heavy atom. The molecule has 0 saturated heterocycles. The third-order valence-electron chi connectivity index (χ3n) is 3.45. The van der Waals surface area contributed by atoms with Crippen LogP contribution >= 0.6 is 0 Å². The van der Waals surface area contributed by atoms with E-state index in [9.17, 15) is 4.79 Å². The summed E-state index contributed by atoms with van der Waals surface area (Å²) in [5.41, 5.74) is 3.30. The first-order chi connectivity index (χ1) is 7.50. The minimum absolute atomic E-state index is 0.224. The summed E-state index contributed by atoms with van der Waals surface area (Å²) in [6.45, 7) is 6.76. The van der Waals surface area contributed by atoms with Gasteiger partial charge in [-0.15, -0.1) is 0 Å². The van der Waals surface area contributed by atoms with Crippen molar-refractivity contribution in [2.75, 3.05) is 6.54 Å². The van der Waals surface area contributed by atoms with E-state index in [1.54, 1.807) is 0 Å². The molecule has 0 bridgehead atoms. The summed E-state index contributed by atoms with van der Waals surface area (Å²) in [5, 5.41) is 0. The predicted octanol–water partition coefficient (Wildman–Crippen LogP) is 3.32. The molecule has 0 aromatic carbocycles. The molecule has 0 aromatic rings. The van der Waals surface area contributed by atoms with Crippen molar-refractivity contribution in [3.63, 3.8) is 0 Å². The van der Waals surface area contributed by atoms with Gasteiger partial charge in [-0.1, -0.05) is 26.3 Å². The van der Waals surface area contributed by atoms with Crippen LogP contribution in [0.15, 0.2) is 16.1 Å². The highest BCUT2D eigenvalue weighted by Gasteiger charge is 2.31. The molecule has 0 radical (unpaired) electrons. The summed E-state index contributed by atoms with van der Waals surface area (Å²) < 4.78 is 0. The minimum Gasteiger partial charge on any atom is -0.292 e. The Balaban J connectivity index is 2.31.